The minimum Gasteiger partial charge on any atom is -0.480 e. The molecule has 1 aliphatic carbocycles. The first-order valence-electron chi connectivity index (χ1n) is 11.5. The van der Waals surface area contributed by atoms with Crippen LogP contribution in [0.4, 0.5) is 4.79 Å². The van der Waals surface area contributed by atoms with Crippen molar-refractivity contribution in [1.29, 1.82) is 0 Å². The Hall–Kier alpha value is -3.71. The molecule has 0 saturated carbocycles. The van der Waals surface area contributed by atoms with Crippen LogP contribution in [0.5, 0.6) is 0 Å². The fourth-order valence-electron chi connectivity index (χ4n) is 4.92. The molecule has 7 heteroatoms. The number of hydrogen-bond donors (Lipinski definition) is 1. The number of rotatable bonds is 7. The molecule has 1 aliphatic heterocycles. The smallest absolute Gasteiger partial charge is 0.410 e. The van der Waals surface area contributed by atoms with Crippen molar-refractivity contribution in [3.63, 3.8) is 0 Å². The summed E-state index contributed by atoms with van der Waals surface area (Å²) in [6.45, 7) is 0.782. The highest BCUT2D eigenvalue weighted by atomic mass is 16.6. The third-order valence-electron chi connectivity index (χ3n) is 6.59. The second-order valence-corrected chi connectivity index (χ2v) is 8.65. The summed E-state index contributed by atoms with van der Waals surface area (Å²) >= 11 is 0. The zero-order valence-electron chi connectivity index (χ0n) is 18.7. The number of carboxylic acids is 1. The van der Waals surface area contributed by atoms with Gasteiger partial charge in [-0.1, -0.05) is 54.6 Å². The maximum absolute atomic E-state index is 13.0. The van der Waals surface area contributed by atoms with Crippen molar-refractivity contribution in [3.05, 3.63) is 89.7 Å². The van der Waals surface area contributed by atoms with Gasteiger partial charge in [0.1, 0.15) is 12.6 Å². The fourth-order valence-corrected chi connectivity index (χ4v) is 4.92. The Kier molecular flexibility index (Phi) is 6.27. The highest BCUT2D eigenvalue weighted by Gasteiger charge is 2.41. The summed E-state index contributed by atoms with van der Waals surface area (Å²) in [7, 11) is 0. The van der Waals surface area contributed by atoms with E-state index in [-0.39, 0.29) is 31.6 Å². The third-order valence-corrected chi connectivity index (χ3v) is 6.59. The van der Waals surface area contributed by atoms with E-state index in [4.69, 9.17) is 9.47 Å². The number of benzene rings is 2. The van der Waals surface area contributed by atoms with Gasteiger partial charge in [0.25, 0.3) is 0 Å². The Morgan fingerprint density at radius 2 is 1.71 bits per heavy atom. The molecule has 7 nitrogen and oxygen atoms in total. The van der Waals surface area contributed by atoms with E-state index in [1.54, 1.807) is 12.4 Å². The minimum atomic E-state index is -1.05. The lowest BCUT2D eigenvalue weighted by Crippen LogP contribution is -2.41. The van der Waals surface area contributed by atoms with Crippen molar-refractivity contribution in [2.75, 3.05) is 19.8 Å². The number of nitrogens with zero attached hydrogens (tertiary/aromatic N) is 2. The number of aliphatic carboxylic acids is 1. The first-order chi connectivity index (χ1) is 16.6. The molecule has 0 unspecified atom stereocenters. The van der Waals surface area contributed by atoms with E-state index in [9.17, 15) is 14.7 Å². The molecular formula is C27H26N2O5. The molecule has 1 fully saturated rings. The molecule has 174 valence electrons. The number of likely N-dealkylation sites (tertiary alicyclic amines) is 1. The molecule has 5 rings (SSSR count). The van der Waals surface area contributed by atoms with Gasteiger partial charge in [-0.05, 0) is 40.3 Å². The number of carbonyl (C=O) groups is 2. The fraction of sp³-hybridized carbons (Fsp3) is 0.296. The molecule has 0 spiro atoms. The van der Waals surface area contributed by atoms with Crippen LogP contribution in [0.3, 0.4) is 0 Å². The van der Waals surface area contributed by atoms with E-state index in [0.29, 0.717) is 13.0 Å². The summed E-state index contributed by atoms with van der Waals surface area (Å²) in [6.07, 6.45) is 3.44. The Balaban J connectivity index is 1.22. The van der Waals surface area contributed by atoms with Crippen LogP contribution in [0.2, 0.25) is 0 Å². The van der Waals surface area contributed by atoms with Crippen molar-refractivity contribution in [2.24, 2.45) is 0 Å². The van der Waals surface area contributed by atoms with Crippen molar-refractivity contribution >= 4 is 12.1 Å². The van der Waals surface area contributed by atoms with E-state index in [2.05, 4.69) is 29.2 Å². The molecule has 0 radical (unpaired) electrons. The van der Waals surface area contributed by atoms with E-state index < -0.39 is 18.1 Å². The van der Waals surface area contributed by atoms with Gasteiger partial charge in [0, 0.05) is 24.7 Å². The Labute approximate surface area is 198 Å². The number of aromatic nitrogens is 1. The number of ether oxygens (including phenoxy) is 2. The van der Waals surface area contributed by atoms with Gasteiger partial charge < -0.3 is 14.6 Å². The van der Waals surface area contributed by atoms with Crippen molar-refractivity contribution in [3.8, 4) is 11.1 Å². The van der Waals surface area contributed by atoms with E-state index in [1.807, 2.05) is 36.4 Å². The Morgan fingerprint density at radius 1 is 1.00 bits per heavy atom. The molecule has 2 aromatic carbocycles. The van der Waals surface area contributed by atoms with Crippen molar-refractivity contribution in [1.82, 2.24) is 9.88 Å². The molecule has 2 atom stereocenters. The van der Waals surface area contributed by atoms with Crippen molar-refractivity contribution in [2.45, 2.75) is 30.9 Å². The second kappa shape index (κ2) is 9.65. The molecule has 2 aliphatic rings. The van der Waals surface area contributed by atoms with E-state index >= 15 is 0 Å². The average molecular weight is 459 g/mol. The van der Waals surface area contributed by atoms with Gasteiger partial charge in [-0.3, -0.25) is 9.88 Å². The first-order valence-corrected chi connectivity index (χ1v) is 11.5. The summed E-state index contributed by atoms with van der Waals surface area (Å²) in [5.74, 6) is -1.12. The highest BCUT2D eigenvalue weighted by molar-refractivity contribution is 5.81. The number of amides is 1. The quantitative estimate of drug-likeness (QED) is 0.573. The normalized spacial score (nSPS) is 19.0. The van der Waals surface area contributed by atoms with Gasteiger partial charge in [0.15, 0.2) is 0 Å². The van der Waals surface area contributed by atoms with E-state index in [1.165, 1.54) is 4.90 Å². The largest absolute Gasteiger partial charge is 0.480 e. The topological polar surface area (TPSA) is 89.0 Å². The van der Waals surface area contributed by atoms with Crippen LogP contribution in [0.25, 0.3) is 11.1 Å². The maximum Gasteiger partial charge on any atom is 0.410 e. The lowest BCUT2D eigenvalue weighted by atomic mass is 9.98. The summed E-state index contributed by atoms with van der Waals surface area (Å²) in [6, 6.07) is 19.1. The van der Waals surface area contributed by atoms with Crippen LogP contribution in [0, 0.1) is 0 Å². The minimum absolute atomic E-state index is 0.0752. The molecule has 1 N–H and O–H groups in total. The zero-order valence-corrected chi connectivity index (χ0v) is 18.7. The summed E-state index contributed by atoms with van der Waals surface area (Å²) in [5.41, 5.74) is 5.56. The molecule has 2 heterocycles. The average Bonchev–Trinajstić information content (AvgIpc) is 3.43. The SMILES string of the molecule is O=C(O)[C@H]1C[C@@H](OCCc2cccnc2)CN1C(=O)OCC1c2ccccc2-c2ccccc21. The predicted molar refractivity (Wildman–Crippen MR) is 125 cm³/mol. The number of carboxylic acid groups (broad SMARTS) is 1. The highest BCUT2D eigenvalue weighted by Crippen LogP contribution is 2.44. The number of hydrogen-bond acceptors (Lipinski definition) is 5. The summed E-state index contributed by atoms with van der Waals surface area (Å²) in [4.78, 5) is 30.2. The number of pyridine rings is 1. The molecular weight excluding hydrogens is 432 g/mol. The van der Waals surface area contributed by atoms with Gasteiger partial charge in [0.05, 0.1) is 19.3 Å². The molecule has 3 aromatic rings. The van der Waals surface area contributed by atoms with Crippen LogP contribution in [0.1, 0.15) is 29.0 Å². The maximum atomic E-state index is 13.0. The molecule has 0 bridgehead atoms. The summed E-state index contributed by atoms with van der Waals surface area (Å²) < 4.78 is 11.6. The van der Waals surface area contributed by atoms with Gasteiger partial charge in [-0.2, -0.15) is 0 Å². The van der Waals surface area contributed by atoms with Gasteiger partial charge in [0.2, 0.25) is 0 Å². The second-order valence-electron chi connectivity index (χ2n) is 8.65. The molecule has 1 saturated heterocycles. The number of carbonyl (C=O) groups excluding carboxylic acids is 1. The van der Waals surface area contributed by atoms with Crippen LogP contribution in [-0.2, 0) is 20.7 Å². The molecule has 1 aromatic heterocycles. The lowest BCUT2D eigenvalue weighted by molar-refractivity contribution is -0.141. The predicted octanol–water partition coefficient (Wildman–Crippen LogP) is 4.12. The van der Waals surface area contributed by atoms with Crippen LogP contribution in [0.15, 0.2) is 73.1 Å². The van der Waals surface area contributed by atoms with E-state index in [0.717, 1.165) is 27.8 Å². The monoisotopic (exact) mass is 458 g/mol. The standard InChI is InChI=1S/C27H26N2O5/c30-26(31)25-14-19(33-13-11-18-6-5-12-28-15-18)16-29(25)27(32)34-17-24-22-9-3-1-7-20(22)21-8-2-4-10-23(21)24/h1-10,12,15,19,24-25H,11,13-14,16-17H2,(H,30,31)/t19-,25-/m1/s1. The number of fused-ring (bicyclic) bond motifs is 3. The van der Waals surface area contributed by atoms with Gasteiger partial charge >= 0.3 is 12.1 Å². The van der Waals surface area contributed by atoms with Crippen LogP contribution in [-0.4, -0.2) is 59.0 Å². The van der Waals surface area contributed by atoms with Crippen molar-refractivity contribution < 1.29 is 24.2 Å². The Bertz CT molecular complexity index is 1140. The van der Waals surface area contributed by atoms with Crippen LogP contribution >= 0.6 is 0 Å². The van der Waals surface area contributed by atoms with Gasteiger partial charge in [-0.15, -0.1) is 0 Å². The van der Waals surface area contributed by atoms with Gasteiger partial charge in [-0.25, -0.2) is 9.59 Å². The molecule has 34 heavy (non-hydrogen) atoms. The zero-order chi connectivity index (χ0) is 23.5. The summed E-state index contributed by atoms with van der Waals surface area (Å²) in [5, 5.41) is 9.68. The lowest BCUT2D eigenvalue weighted by Gasteiger charge is -2.22. The Morgan fingerprint density at radius 3 is 2.35 bits per heavy atom. The third kappa shape index (κ3) is 4.39. The first kappa shape index (κ1) is 22.1. The van der Waals surface area contributed by atoms with Crippen LogP contribution < -0.4 is 0 Å². The molecule has 1 amide bonds.